The van der Waals surface area contributed by atoms with Crippen LogP contribution in [0.25, 0.3) is 0 Å². The molecule has 7 heteroatoms. The van der Waals surface area contributed by atoms with Gasteiger partial charge >= 0.3 is 0 Å². The van der Waals surface area contributed by atoms with Crippen molar-refractivity contribution in [3.63, 3.8) is 0 Å². The summed E-state index contributed by atoms with van der Waals surface area (Å²) in [5.74, 6) is -1.05. The number of methoxy groups -OCH3 is 1. The fourth-order valence-electron chi connectivity index (χ4n) is 3.74. The summed E-state index contributed by atoms with van der Waals surface area (Å²) < 4.78 is 21.0. The van der Waals surface area contributed by atoms with Gasteiger partial charge in [-0.2, -0.15) is 0 Å². The molecular weight excluding hydrogens is 433 g/mol. The molecule has 3 aromatic rings. The molecule has 180 valence electrons. The molecule has 1 aromatic heterocycles. The van der Waals surface area contributed by atoms with Crippen molar-refractivity contribution in [2.24, 2.45) is 0 Å². The molecule has 2 amide bonds. The maximum Gasteiger partial charge on any atom is 0.254 e. The number of aromatic nitrogens is 1. The van der Waals surface area contributed by atoms with Crippen molar-refractivity contribution in [1.82, 2.24) is 14.4 Å². The summed E-state index contributed by atoms with van der Waals surface area (Å²) in [6.45, 7) is 5.45. The number of carbonyl (C=O) groups excluding carboxylic acids is 2. The molecule has 0 N–H and O–H groups in total. The van der Waals surface area contributed by atoms with Gasteiger partial charge in [0.2, 0.25) is 5.91 Å². The Bertz CT molecular complexity index is 1080. The molecule has 0 saturated carbocycles. The van der Waals surface area contributed by atoms with Gasteiger partial charge in [0.05, 0.1) is 13.2 Å². The van der Waals surface area contributed by atoms with Crippen LogP contribution in [0.15, 0.2) is 72.9 Å². The number of hydrogen-bond donors (Lipinski definition) is 0. The number of benzene rings is 2. The second kappa shape index (κ2) is 12.1. The van der Waals surface area contributed by atoms with Gasteiger partial charge in [0.25, 0.3) is 5.91 Å². The van der Waals surface area contributed by atoms with Crippen LogP contribution in [0.2, 0.25) is 0 Å². The lowest BCUT2D eigenvalue weighted by Crippen LogP contribution is -2.46. The SMILES string of the molecule is COCCN(Cc1cccn1Cc1ccccc1)C(=O)CN(C(=O)c1cccc(F)c1)C(C)C. The lowest BCUT2D eigenvalue weighted by Gasteiger charge is -2.30. The van der Waals surface area contributed by atoms with Crippen LogP contribution >= 0.6 is 0 Å². The van der Waals surface area contributed by atoms with Crippen LogP contribution in [0.4, 0.5) is 4.39 Å². The Labute approximate surface area is 200 Å². The van der Waals surface area contributed by atoms with E-state index in [0.717, 1.165) is 5.69 Å². The minimum atomic E-state index is -0.484. The van der Waals surface area contributed by atoms with Gasteiger partial charge < -0.3 is 19.1 Å². The highest BCUT2D eigenvalue weighted by Gasteiger charge is 2.25. The van der Waals surface area contributed by atoms with Crippen molar-refractivity contribution in [3.05, 3.63) is 95.6 Å². The summed E-state index contributed by atoms with van der Waals surface area (Å²) in [5.41, 5.74) is 2.38. The van der Waals surface area contributed by atoms with E-state index in [2.05, 4.69) is 16.7 Å². The number of halogens is 1. The Morgan fingerprint density at radius 1 is 1.03 bits per heavy atom. The molecule has 0 spiro atoms. The number of amides is 2. The number of hydrogen-bond acceptors (Lipinski definition) is 3. The summed E-state index contributed by atoms with van der Waals surface area (Å²) in [6.07, 6.45) is 2.00. The van der Waals surface area contributed by atoms with E-state index in [1.54, 1.807) is 18.1 Å². The van der Waals surface area contributed by atoms with E-state index < -0.39 is 5.82 Å². The lowest BCUT2D eigenvalue weighted by atomic mass is 10.1. The zero-order valence-corrected chi connectivity index (χ0v) is 20.0. The van der Waals surface area contributed by atoms with E-state index in [1.807, 2.05) is 50.4 Å². The molecule has 0 saturated heterocycles. The molecule has 1 heterocycles. The van der Waals surface area contributed by atoms with E-state index in [1.165, 1.54) is 28.7 Å². The summed E-state index contributed by atoms with van der Waals surface area (Å²) in [5, 5.41) is 0. The monoisotopic (exact) mass is 465 g/mol. The predicted molar refractivity (Wildman–Crippen MR) is 130 cm³/mol. The van der Waals surface area contributed by atoms with Gasteiger partial charge in [-0.25, -0.2) is 4.39 Å². The quantitative estimate of drug-likeness (QED) is 0.427. The van der Waals surface area contributed by atoms with Gasteiger partial charge in [0.1, 0.15) is 12.4 Å². The van der Waals surface area contributed by atoms with Gasteiger partial charge in [0.15, 0.2) is 0 Å². The van der Waals surface area contributed by atoms with E-state index in [4.69, 9.17) is 4.74 Å². The predicted octanol–water partition coefficient (Wildman–Crippen LogP) is 4.20. The molecule has 0 aliphatic rings. The zero-order valence-electron chi connectivity index (χ0n) is 20.0. The first-order chi connectivity index (χ1) is 16.4. The van der Waals surface area contributed by atoms with Gasteiger partial charge in [-0.3, -0.25) is 9.59 Å². The number of ether oxygens (including phenoxy) is 1. The van der Waals surface area contributed by atoms with Crippen molar-refractivity contribution in [2.45, 2.75) is 33.0 Å². The standard InChI is InChI=1S/C27H32FN3O3/c1-21(2)31(27(33)23-11-7-12-24(28)17-23)20-26(32)30(15-16-34-3)19-25-13-8-14-29(25)18-22-9-5-4-6-10-22/h4-14,17,21H,15-16,18-20H2,1-3H3. The van der Waals surface area contributed by atoms with Gasteiger partial charge in [-0.05, 0) is 49.7 Å². The molecule has 0 bridgehead atoms. The number of rotatable bonds is 11. The Kier molecular flexibility index (Phi) is 8.99. The first-order valence-electron chi connectivity index (χ1n) is 11.4. The third-order valence-corrected chi connectivity index (χ3v) is 5.65. The van der Waals surface area contributed by atoms with Crippen LogP contribution in [-0.2, 0) is 22.6 Å². The minimum Gasteiger partial charge on any atom is -0.383 e. The summed E-state index contributed by atoms with van der Waals surface area (Å²) >= 11 is 0. The molecule has 0 aliphatic carbocycles. The third kappa shape index (κ3) is 6.78. The lowest BCUT2D eigenvalue weighted by molar-refractivity contribution is -0.133. The van der Waals surface area contributed by atoms with E-state index in [-0.39, 0.29) is 30.0 Å². The second-order valence-electron chi connectivity index (χ2n) is 8.46. The van der Waals surface area contributed by atoms with Gasteiger partial charge in [-0.15, -0.1) is 0 Å². The Morgan fingerprint density at radius 3 is 2.47 bits per heavy atom. The minimum absolute atomic E-state index is 0.101. The largest absolute Gasteiger partial charge is 0.383 e. The Hall–Kier alpha value is -3.45. The van der Waals surface area contributed by atoms with Crippen molar-refractivity contribution < 1.29 is 18.7 Å². The molecule has 0 atom stereocenters. The average molecular weight is 466 g/mol. The second-order valence-corrected chi connectivity index (χ2v) is 8.46. The van der Waals surface area contributed by atoms with Crippen LogP contribution in [0.1, 0.15) is 35.5 Å². The smallest absolute Gasteiger partial charge is 0.254 e. The van der Waals surface area contributed by atoms with Crippen molar-refractivity contribution in [1.29, 1.82) is 0 Å². The molecule has 0 radical (unpaired) electrons. The van der Waals surface area contributed by atoms with Crippen LogP contribution in [0.5, 0.6) is 0 Å². The average Bonchev–Trinajstić information content (AvgIpc) is 3.26. The number of nitrogens with zero attached hydrogens (tertiary/aromatic N) is 3. The molecule has 0 aliphatic heterocycles. The fraction of sp³-hybridized carbons (Fsp3) is 0.333. The summed E-state index contributed by atoms with van der Waals surface area (Å²) in [7, 11) is 1.59. The third-order valence-electron chi connectivity index (χ3n) is 5.65. The molecule has 0 unspecified atom stereocenters. The number of carbonyl (C=O) groups is 2. The van der Waals surface area contributed by atoms with Gasteiger partial charge in [-0.1, -0.05) is 36.4 Å². The highest BCUT2D eigenvalue weighted by molar-refractivity contribution is 5.96. The summed E-state index contributed by atoms with van der Waals surface area (Å²) in [4.78, 5) is 29.6. The normalized spacial score (nSPS) is 11.0. The first-order valence-corrected chi connectivity index (χ1v) is 11.4. The van der Waals surface area contributed by atoms with Crippen molar-refractivity contribution >= 4 is 11.8 Å². The van der Waals surface area contributed by atoms with Gasteiger partial charge in [0, 0.05) is 43.7 Å². The highest BCUT2D eigenvalue weighted by atomic mass is 19.1. The summed E-state index contributed by atoms with van der Waals surface area (Å²) in [6, 6.07) is 19.4. The van der Waals surface area contributed by atoms with E-state index in [0.29, 0.717) is 26.2 Å². The molecule has 6 nitrogen and oxygen atoms in total. The Balaban J connectivity index is 1.76. The van der Waals surface area contributed by atoms with Crippen LogP contribution in [0.3, 0.4) is 0 Å². The molecule has 3 rings (SSSR count). The molecule has 34 heavy (non-hydrogen) atoms. The van der Waals surface area contributed by atoms with Crippen LogP contribution in [-0.4, -0.2) is 59.0 Å². The van der Waals surface area contributed by atoms with Crippen LogP contribution < -0.4 is 0 Å². The van der Waals surface area contributed by atoms with Crippen LogP contribution in [0, 0.1) is 5.82 Å². The highest BCUT2D eigenvalue weighted by Crippen LogP contribution is 2.14. The van der Waals surface area contributed by atoms with E-state index >= 15 is 0 Å². The molecule has 0 fully saturated rings. The topological polar surface area (TPSA) is 54.8 Å². The fourth-order valence-corrected chi connectivity index (χ4v) is 3.74. The molecule has 2 aromatic carbocycles. The zero-order chi connectivity index (χ0) is 24.5. The Morgan fingerprint density at radius 2 is 1.79 bits per heavy atom. The van der Waals surface area contributed by atoms with Crippen molar-refractivity contribution in [3.8, 4) is 0 Å². The maximum atomic E-state index is 13.7. The molecular formula is C27H32FN3O3. The van der Waals surface area contributed by atoms with Crippen molar-refractivity contribution in [2.75, 3.05) is 26.8 Å². The maximum absolute atomic E-state index is 13.7. The first kappa shape index (κ1) is 25.2. The van der Waals surface area contributed by atoms with E-state index in [9.17, 15) is 14.0 Å².